The summed E-state index contributed by atoms with van der Waals surface area (Å²) in [7, 11) is 0. The average Bonchev–Trinajstić information content (AvgIpc) is 2.80. The molecule has 2 heterocycles. The normalized spacial score (nSPS) is 29.5. The lowest BCUT2D eigenvalue weighted by molar-refractivity contribution is 0.0561. The van der Waals surface area contributed by atoms with Crippen LogP contribution in [0.3, 0.4) is 0 Å². The van der Waals surface area contributed by atoms with Gasteiger partial charge in [0.15, 0.2) is 0 Å². The summed E-state index contributed by atoms with van der Waals surface area (Å²) in [4.78, 5) is 0. The van der Waals surface area contributed by atoms with Crippen molar-refractivity contribution in [2.45, 2.75) is 39.2 Å². The first kappa shape index (κ1) is 12.7. The number of nitrogens with zero attached hydrogens (tertiary/aromatic N) is 2. The van der Waals surface area contributed by atoms with Crippen molar-refractivity contribution >= 4 is 5.52 Å². The molecule has 1 saturated carbocycles. The molecule has 3 rings (SSSR count). The molecule has 0 aromatic carbocycles. The van der Waals surface area contributed by atoms with Crippen LogP contribution in [0.4, 0.5) is 0 Å². The van der Waals surface area contributed by atoms with Gasteiger partial charge in [-0.3, -0.25) is 0 Å². The van der Waals surface area contributed by atoms with Crippen LogP contribution in [0.5, 0.6) is 0 Å². The Morgan fingerprint density at radius 3 is 2.68 bits per heavy atom. The largest absolute Gasteiger partial charge is 0.388 e. The predicted octanol–water partition coefficient (Wildman–Crippen LogP) is 3.44. The monoisotopic (exact) mass is 258 g/mol. The van der Waals surface area contributed by atoms with Gasteiger partial charge in [0.05, 0.1) is 17.8 Å². The van der Waals surface area contributed by atoms with Crippen molar-refractivity contribution in [2.75, 3.05) is 0 Å². The number of hydrogen-bond donors (Lipinski definition) is 1. The number of aliphatic hydroxyl groups is 1. The Bertz CT molecular complexity index is 553. The third kappa shape index (κ3) is 2.39. The summed E-state index contributed by atoms with van der Waals surface area (Å²) in [6.07, 6.45) is 6.90. The van der Waals surface area contributed by atoms with E-state index in [1.54, 1.807) is 0 Å². The number of pyridine rings is 1. The van der Waals surface area contributed by atoms with Crippen molar-refractivity contribution in [3.8, 4) is 0 Å². The Labute approximate surface area is 114 Å². The molecule has 3 heteroatoms. The molecule has 0 aliphatic heterocycles. The summed E-state index contributed by atoms with van der Waals surface area (Å²) in [5.41, 5.74) is 2.01. The molecule has 3 atom stereocenters. The second kappa shape index (κ2) is 4.97. The number of fused-ring (bicyclic) bond motifs is 1. The highest BCUT2D eigenvalue weighted by Crippen LogP contribution is 2.40. The molecular weight excluding hydrogens is 236 g/mol. The SMILES string of the molecule is CC1CC(C)CC(C(O)c2cnn3ccccc23)C1. The quantitative estimate of drug-likeness (QED) is 0.896. The van der Waals surface area contributed by atoms with Gasteiger partial charge in [-0.25, -0.2) is 4.52 Å². The van der Waals surface area contributed by atoms with E-state index >= 15 is 0 Å². The Kier molecular flexibility index (Phi) is 3.31. The van der Waals surface area contributed by atoms with Crippen LogP contribution in [0.15, 0.2) is 30.6 Å². The van der Waals surface area contributed by atoms with E-state index in [-0.39, 0.29) is 6.10 Å². The van der Waals surface area contributed by atoms with Gasteiger partial charge in [-0.05, 0) is 49.1 Å². The van der Waals surface area contributed by atoms with Gasteiger partial charge in [-0.1, -0.05) is 19.9 Å². The maximum absolute atomic E-state index is 10.7. The van der Waals surface area contributed by atoms with Crippen LogP contribution in [0.1, 0.15) is 44.8 Å². The minimum atomic E-state index is -0.384. The van der Waals surface area contributed by atoms with Crippen molar-refractivity contribution in [1.82, 2.24) is 9.61 Å². The Balaban J connectivity index is 1.89. The van der Waals surface area contributed by atoms with E-state index in [2.05, 4.69) is 18.9 Å². The zero-order valence-electron chi connectivity index (χ0n) is 11.7. The van der Waals surface area contributed by atoms with Gasteiger partial charge < -0.3 is 5.11 Å². The zero-order valence-corrected chi connectivity index (χ0v) is 11.7. The summed E-state index contributed by atoms with van der Waals surface area (Å²) >= 11 is 0. The van der Waals surface area contributed by atoms with E-state index in [0.29, 0.717) is 17.8 Å². The molecule has 3 nitrogen and oxygen atoms in total. The van der Waals surface area contributed by atoms with Crippen LogP contribution < -0.4 is 0 Å². The van der Waals surface area contributed by atoms with Crippen molar-refractivity contribution in [2.24, 2.45) is 17.8 Å². The van der Waals surface area contributed by atoms with Gasteiger partial charge in [0.2, 0.25) is 0 Å². The fourth-order valence-corrected chi connectivity index (χ4v) is 3.70. The molecule has 1 N–H and O–H groups in total. The molecule has 1 aliphatic carbocycles. The van der Waals surface area contributed by atoms with Crippen molar-refractivity contribution < 1.29 is 5.11 Å². The lowest BCUT2D eigenvalue weighted by atomic mass is 9.73. The molecular formula is C16H22N2O. The number of rotatable bonds is 2. The molecule has 2 aromatic heterocycles. The molecule has 0 saturated heterocycles. The van der Waals surface area contributed by atoms with E-state index in [1.165, 1.54) is 6.42 Å². The predicted molar refractivity (Wildman–Crippen MR) is 75.8 cm³/mol. The Morgan fingerprint density at radius 2 is 1.95 bits per heavy atom. The number of aliphatic hydroxyl groups excluding tert-OH is 1. The molecule has 2 aromatic rings. The first-order valence-corrected chi connectivity index (χ1v) is 7.25. The van der Waals surface area contributed by atoms with E-state index in [0.717, 1.165) is 23.9 Å². The van der Waals surface area contributed by atoms with Crippen LogP contribution in [-0.4, -0.2) is 14.7 Å². The molecule has 1 aliphatic rings. The van der Waals surface area contributed by atoms with Gasteiger partial charge in [-0.2, -0.15) is 5.10 Å². The summed E-state index contributed by atoms with van der Waals surface area (Å²) in [6, 6.07) is 5.99. The van der Waals surface area contributed by atoms with Crippen LogP contribution in [-0.2, 0) is 0 Å². The highest BCUT2D eigenvalue weighted by molar-refractivity contribution is 5.54. The summed E-state index contributed by atoms with van der Waals surface area (Å²) in [5, 5.41) is 15.0. The van der Waals surface area contributed by atoms with Gasteiger partial charge in [0.25, 0.3) is 0 Å². The zero-order chi connectivity index (χ0) is 13.4. The maximum Gasteiger partial charge on any atom is 0.0855 e. The van der Waals surface area contributed by atoms with E-state index in [9.17, 15) is 5.11 Å². The molecule has 0 amide bonds. The highest BCUT2D eigenvalue weighted by atomic mass is 16.3. The van der Waals surface area contributed by atoms with Crippen molar-refractivity contribution in [3.05, 3.63) is 36.2 Å². The number of aromatic nitrogens is 2. The molecule has 3 unspecified atom stereocenters. The minimum Gasteiger partial charge on any atom is -0.388 e. The summed E-state index contributed by atoms with van der Waals surface area (Å²) < 4.78 is 1.84. The average molecular weight is 258 g/mol. The first-order valence-electron chi connectivity index (χ1n) is 7.25. The first-order chi connectivity index (χ1) is 9.15. The number of hydrogen-bond acceptors (Lipinski definition) is 2. The van der Waals surface area contributed by atoms with Gasteiger partial charge in [0.1, 0.15) is 0 Å². The van der Waals surface area contributed by atoms with Gasteiger partial charge >= 0.3 is 0 Å². The molecule has 1 fully saturated rings. The minimum absolute atomic E-state index is 0.368. The summed E-state index contributed by atoms with van der Waals surface area (Å²) in [5.74, 6) is 1.79. The van der Waals surface area contributed by atoms with Crippen LogP contribution in [0, 0.1) is 17.8 Å². The molecule has 0 bridgehead atoms. The molecule has 0 radical (unpaired) electrons. The Hall–Kier alpha value is -1.35. The smallest absolute Gasteiger partial charge is 0.0855 e. The summed E-state index contributed by atoms with van der Waals surface area (Å²) in [6.45, 7) is 4.59. The lowest BCUT2D eigenvalue weighted by Crippen LogP contribution is -2.24. The fraction of sp³-hybridized carbons (Fsp3) is 0.562. The van der Waals surface area contributed by atoms with Crippen LogP contribution in [0.2, 0.25) is 0 Å². The topological polar surface area (TPSA) is 37.5 Å². The van der Waals surface area contributed by atoms with E-state index in [4.69, 9.17) is 0 Å². The third-order valence-corrected chi connectivity index (χ3v) is 4.44. The molecule has 102 valence electrons. The maximum atomic E-state index is 10.7. The van der Waals surface area contributed by atoms with Crippen molar-refractivity contribution in [1.29, 1.82) is 0 Å². The molecule has 0 spiro atoms. The standard InChI is InChI=1S/C16H22N2O/c1-11-7-12(2)9-13(8-11)16(19)14-10-17-18-6-4-3-5-15(14)18/h3-6,10-13,16,19H,7-9H2,1-2H3. The molecule has 19 heavy (non-hydrogen) atoms. The van der Waals surface area contributed by atoms with Crippen LogP contribution >= 0.6 is 0 Å². The van der Waals surface area contributed by atoms with E-state index < -0.39 is 0 Å². The second-order valence-corrected chi connectivity index (χ2v) is 6.25. The Morgan fingerprint density at radius 1 is 1.21 bits per heavy atom. The third-order valence-electron chi connectivity index (χ3n) is 4.44. The fourth-order valence-electron chi connectivity index (χ4n) is 3.70. The van der Waals surface area contributed by atoms with Gasteiger partial charge in [-0.15, -0.1) is 0 Å². The van der Waals surface area contributed by atoms with E-state index in [1.807, 2.05) is 35.1 Å². The van der Waals surface area contributed by atoms with Crippen molar-refractivity contribution in [3.63, 3.8) is 0 Å². The lowest BCUT2D eigenvalue weighted by Gasteiger charge is -2.34. The second-order valence-electron chi connectivity index (χ2n) is 6.25. The van der Waals surface area contributed by atoms with Gasteiger partial charge in [0, 0.05) is 11.8 Å². The highest BCUT2D eigenvalue weighted by Gasteiger charge is 2.31. The van der Waals surface area contributed by atoms with Crippen LogP contribution in [0.25, 0.3) is 5.52 Å².